The number of nitrogens with one attached hydrogen (secondary N) is 1. The first kappa shape index (κ1) is 16.0. The zero-order valence-electron chi connectivity index (χ0n) is 13.1. The van der Waals surface area contributed by atoms with Crippen LogP contribution in [-0.2, 0) is 16.6 Å². The van der Waals surface area contributed by atoms with E-state index in [1.807, 2.05) is 25.1 Å². The molecule has 3 aromatic rings. The quantitative estimate of drug-likeness (QED) is 0.673. The van der Waals surface area contributed by atoms with Gasteiger partial charge in [0.25, 0.3) is 5.91 Å². The van der Waals surface area contributed by atoms with Crippen LogP contribution in [0.15, 0.2) is 30.5 Å². The summed E-state index contributed by atoms with van der Waals surface area (Å²) in [7, 11) is -3.45. The first-order valence-corrected chi connectivity index (χ1v) is 8.91. The van der Waals surface area contributed by atoms with Gasteiger partial charge in [-0.05, 0) is 19.1 Å². The molecule has 0 spiro atoms. The number of nitrogens with zero attached hydrogens (tertiary/aromatic N) is 4. The fourth-order valence-corrected chi connectivity index (χ4v) is 3.04. The normalized spacial score (nSPS) is 11.8. The van der Waals surface area contributed by atoms with Crippen molar-refractivity contribution >= 4 is 38.3 Å². The van der Waals surface area contributed by atoms with E-state index in [-0.39, 0.29) is 18.3 Å². The summed E-state index contributed by atoms with van der Waals surface area (Å²) in [6.45, 7) is 1.71. The largest absolute Gasteiger partial charge is 0.397 e. The standard InChI is InChI=1S/C14H16N6O3S/c1-9-6-10-4-3-5-11(15)14(10)20(9)13(21)8-19-7-12(16-18-19)17-24(2,22)23/h3-7,17H,8,15H2,1-2H3. The zero-order chi connectivity index (χ0) is 17.5. The summed E-state index contributed by atoms with van der Waals surface area (Å²) in [6.07, 6.45) is 2.36. The molecule has 1 aromatic carbocycles. The van der Waals surface area contributed by atoms with Crippen LogP contribution in [-0.4, -0.2) is 40.1 Å². The third-order valence-corrected chi connectivity index (χ3v) is 3.99. The molecule has 2 aromatic heterocycles. The molecule has 0 fully saturated rings. The topological polar surface area (TPSA) is 125 Å². The number of anilines is 2. The first-order chi connectivity index (χ1) is 11.2. The molecular weight excluding hydrogens is 332 g/mol. The van der Waals surface area contributed by atoms with Crippen LogP contribution in [0.2, 0.25) is 0 Å². The van der Waals surface area contributed by atoms with Gasteiger partial charge in [0, 0.05) is 11.1 Å². The van der Waals surface area contributed by atoms with Crippen molar-refractivity contribution in [3.63, 3.8) is 0 Å². The van der Waals surface area contributed by atoms with Gasteiger partial charge in [0.1, 0.15) is 6.54 Å². The molecule has 9 nitrogen and oxygen atoms in total. The number of hydrogen-bond acceptors (Lipinski definition) is 6. The maximum absolute atomic E-state index is 12.6. The number of aryl methyl sites for hydroxylation is 1. The van der Waals surface area contributed by atoms with Crippen molar-refractivity contribution in [1.82, 2.24) is 19.6 Å². The minimum absolute atomic E-state index is 0.0545. The van der Waals surface area contributed by atoms with Crippen LogP contribution in [0.4, 0.5) is 11.5 Å². The summed E-state index contributed by atoms with van der Waals surface area (Å²) in [5.74, 6) is -0.199. The minimum Gasteiger partial charge on any atom is -0.397 e. The van der Waals surface area contributed by atoms with E-state index >= 15 is 0 Å². The Morgan fingerprint density at radius 2 is 2.12 bits per heavy atom. The number of carbonyl (C=O) groups excluding carboxylic acids is 1. The van der Waals surface area contributed by atoms with Gasteiger partial charge in [-0.15, -0.1) is 5.10 Å². The maximum Gasteiger partial charge on any atom is 0.253 e. The van der Waals surface area contributed by atoms with Gasteiger partial charge in [-0.2, -0.15) is 0 Å². The maximum atomic E-state index is 12.6. The Hall–Kier alpha value is -2.88. The van der Waals surface area contributed by atoms with Gasteiger partial charge in [0.2, 0.25) is 10.0 Å². The van der Waals surface area contributed by atoms with Crippen LogP contribution in [0, 0.1) is 6.92 Å². The van der Waals surface area contributed by atoms with Gasteiger partial charge in [0.15, 0.2) is 5.82 Å². The van der Waals surface area contributed by atoms with Crippen LogP contribution in [0.25, 0.3) is 10.9 Å². The lowest BCUT2D eigenvalue weighted by Crippen LogP contribution is -2.19. The highest BCUT2D eigenvalue weighted by atomic mass is 32.2. The monoisotopic (exact) mass is 348 g/mol. The number of hydrogen-bond donors (Lipinski definition) is 2. The fourth-order valence-electron chi connectivity index (χ4n) is 2.56. The molecule has 0 saturated carbocycles. The predicted molar refractivity (Wildman–Crippen MR) is 90.2 cm³/mol. The second-order valence-corrected chi connectivity index (χ2v) is 7.22. The summed E-state index contributed by atoms with van der Waals surface area (Å²) in [6, 6.07) is 7.31. The third kappa shape index (κ3) is 3.08. The second-order valence-electron chi connectivity index (χ2n) is 5.48. The molecule has 24 heavy (non-hydrogen) atoms. The van der Waals surface area contributed by atoms with E-state index in [0.717, 1.165) is 17.3 Å². The summed E-state index contributed by atoms with van der Waals surface area (Å²) in [5, 5.41) is 8.31. The number of benzene rings is 1. The number of fused-ring (bicyclic) bond motifs is 1. The van der Waals surface area contributed by atoms with E-state index in [1.165, 1.54) is 15.4 Å². The SMILES string of the molecule is Cc1cc2cccc(N)c2n1C(=O)Cn1cc(NS(C)(=O)=O)nn1. The summed E-state index contributed by atoms with van der Waals surface area (Å²) in [5.41, 5.74) is 7.90. The Bertz CT molecular complexity index is 1030. The van der Waals surface area contributed by atoms with Gasteiger partial charge in [0.05, 0.1) is 23.7 Å². The highest BCUT2D eigenvalue weighted by Crippen LogP contribution is 2.25. The van der Waals surface area contributed by atoms with E-state index < -0.39 is 10.0 Å². The minimum atomic E-state index is -3.45. The Morgan fingerprint density at radius 3 is 2.83 bits per heavy atom. The molecule has 3 rings (SSSR count). The molecule has 0 aliphatic heterocycles. The molecule has 0 atom stereocenters. The molecule has 0 amide bonds. The van der Waals surface area contributed by atoms with Crippen molar-refractivity contribution in [3.8, 4) is 0 Å². The summed E-state index contributed by atoms with van der Waals surface area (Å²) in [4.78, 5) is 12.6. The number of carbonyl (C=O) groups is 1. The molecule has 0 aliphatic carbocycles. The van der Waals surface area contributed by atoms with Crippen molar-refractivity contribution < 1.29 is 13.2 Å². The number of nitrogens with two attached hydrogens (primary N) is 1. The van der Waals surface area contributed by atoms with E-state index in [1.54, 1.807) is 6.07 Å². The Kier molecular flexibility index (Phi) is 3.76. The molecular formula is C14H16N6O3S. The van der Waals surface area contributed by atoms with Crippen molar-refractivity contribution in [2.24, 2.45) is 0 Å². The first-order valence-electron chi connectivity index (χ1n) is 7.02. The van der Waals surface area contributed by atoms with Crippen molar-refractivity contribution in [2.75, 3.05) is 16.7 Å². The van der Waals surface area contributed by atoms with Crippen LogP contribution < -0.4 is 10.5 Å². The predicted octanol–water partition coefficient (Wildman–Crippen LogP) is 0.835. The highest BCUT2D eigenvalue weighted by Gasteiger charge is 2.16. The second kappa shape index (κ2) is 5.64. The smallest absolute Gasteiger partial charge is 0.253 e. The lowest BCUT2D eigenvalue weighted by Gasteiger charge is -2.08. The average Bonchev–Trinajstić information content (AvgIpc) is 3.01. The van der Waals surface area contributed by atoms with E-state index in [2.05, 4.69) is 15.0 Å². The van der Waals surface area contributed by atoms with E-state index in [4.69, 9.17) is 5.73 Å². The van der Waals surface area contributed by atoms with Gasteiger partial charge < -0.3 is 5.73 Å². The molecule has 0 saturated heterocycles. The summed E-state index contributed by atoms with van der Waals surface area (Å²) < 4.78 is 27.3. The molecule has 3 N–H and O–H groups in total. The Labute approximate surface area is 138 Å². The third-order valence-electron chi connectivity index (χ3n) is 3.41. The Morgan fingerprint density at radius 1 is 1.38 bits per heavy atom. The van der Waals surface area contributed by atoms with Crippen molar-refractivity contribution in [2.45, 2.75) is 13.5 Å². The van der Waals surface area contributed by atoms with Crippen molar-refractivity contribution in [1.29, 1.82) is 0 Å². The van der Waals surface area contributed by atoms with Crippen molar-refractivity contribution in [3.05, 3.63) is 36.2 Å². The molecule has 0 bridgehead atoms. The lowest BCUT2D eigenvalue weighted by molar-refractivity contribution is 0.0889. The Balaban J connectivity index is 1.90. The average molecular weight is 348 g/mol. The zero-order valence-corrected chi connectivity index (χ0v) is 13.9. The highest BCUT2D eigenvalue weighted by molar-refractivity contribution is 7.92. The van der Waals surface area contributed by atoms with E-state index in [9.17, 15) is 13.2 Å². The van der Waals surface area contributed by atoms with Crippen LogP contribution in [0.5, 0.6) is 0 Å². The van der Waals surface area contributed by atoms with Crippen LogP contribution in [0.3, 0.4) is 0 Å². The van der Waals surface area contributed by atoms with Gasteiger partial charge in [-0.25, -0.2) is 13.1 Å². The molecule has 126 valence electrons. The molecule has 10 heteroatoms. The van der Waals surface area contributed by atoms with Gasteiger partial charge in [-0.3, -0.25) is 14.1 Å². The molecule has 0 radical (unpaired) electrons. The van der Waals surface area contributed by atoms with Crippen LogP contribution in [0.1, 0.15) is 10.5 Å². The molecule has 0 aliphatic rings. The van der Waals surface area contributed by atoms with E-state index in [0.29, 0.717) is 11.2 Å². The molecule has 2 heterocycles. The number of aromatic nitrogens is 4. The van der Waals surface area contributed by atoms with Gasteiger partial charge in [-0.1, -0.05) is 17.3 Å². The van der Waals surface area contributed by atoms with Crippen LogP contribution >= 0.6 is 0 Å². The number of sulfonamides is 1. The lowest BCUT2D eigenvalue weighted by atomic mass is 10.2. The fraction of sp³-hybridized carbons (Fsp3) is 0.214. The number of rotatable bonds is 4. The summed E-state index contributed by atoms with van der Waals surface area (Å²) >= 11 is 0. The molecule has 0 unspecified atom stereocenters. The van der Waals surface area contributed by atoms with Gasteiger partial charge >= 0.3 is 0 Å². The number of nitrogen functional groups attached to an aromatic ring is 1. The number of para-hydroxylation sites is 1.